The van der Waals surface area contributed by atoms with Crippen molar-refractivity contribution >= 4 is 18.4 Å². The summed E-state index contributed by atoms with van der Waals surface area (Å²) in [6, 6.07) is 15.3. The molecule has 0 saturated heterocycles. The first-order valence-electron chi connectivity index (χ1n) is 8.95. The number of H-pyrrole nitrogens is 1. The van der Waals surface area contributed by atoms with E-state index >= 15 is 0 Å². The Kier molecular flexibility index (Phi) is 5.71. The van der Waals surface area contributed by atoms with Crippen molar-refractivity contribution in [2.24, 2.45) is 5.10 Å². The molecule has 1 N–H and O–H groups in total. The molecule has 0 fully saturated rings. The van der Waals surface area contributed by atoms with Crippen molar-refractivity contribution in [3.05, 3.63) is 82.6 Å². The van der Waals surface area contributed by atoms with Gasteiger partial charge in [0.2, 0.25) is 10.6 Å². The van der Waals surface area contributed by atoms with Gasteiger partial charge in [-0.05, 0) is 54.2 Å². The molecule has 4 aromatic rings. The van der Waals surface area contributed by atoms with Gasteiger partial charge >= 0.3 is 0 Å². The number of hydrogen-bond donors (Lipinski definition) is 1. The Hall–Kier alpha value is -3.72. The molecule has 0 unspecified atom stereocenters. The number of aromatic amines is 1. The zero-order chi connectivity index (χ0) is 20.9. The van der Waals surface area contributed by atoms with Crippen LogP contribution in [0.2, 0.25) is 0 Å². The Bertz CT molecular complexity index is 1230. The van der Waals surface area contributed by atoms with Crippen LogP contribution in [0.3, 0.4) is 0 Å². The molecule has 0 saturated carbocycles. The number of hydrogen-bond acceptors (Lipinski definition) is 6. The van der Waals surface area contributed by atoms with Crippen molar-refractivity contribution in [1.82, 2.24) is 14.9 Å². The highest BCUT2D eigenvalue weighted by Crippen LogP contribution is 2.28. The second-order valence-corrected chi connectivity index (χ2v) is 6.56. The number of rotatable bonds is 7. The lowest BCUT2D eigenvalue weighted by molar-refractivity contribution is 0.279. The van der Waals surface area contributed by atoms with E-state index in [1.54, 1.807) is 61.0 Å². The number of benzene rings is 2. The van der Waals surface area contributed by atoms with E-state index in [-0.39, 0.29) is 12.4 Å². The third-order valence-electron chi connectivity index (χ3n) is 4.24. The van der Waals surface area contributed by atoms with E-state index in [1.807, 2.05) is 0 Å². The topological polar surface area (TPSA) is 77.6 Å². The van der Waals surface area contributed by atoms with Gasteiger partial charge in [-0.25, -0.2) is 9.49 Å². The van der Waals surface area contributed by atoms with Crippen molar-refractivity contribution < 1.29 is 18.3 Å². The van der Waals surface area contributed by atoms with Gasteiger partial charge in [0.25, 0.3) is 0 Å². The quantitative estimate of drug-likeness (QED) is 0.340. The molecule has 0 aliphatic heterocycles. The maximum absolute atomic E-state index is 13.8. The Morgan fingerprint density at radius 2 is 2.07 bits per heavy atom. The number of methoxy groups -OCH3 is 1. The van der Waals surface area contributed by atoms with Crippen LogP contribution in [0, 0.1) is 10.6 Å². The molecule has 9 heteroatoms. The summed E-state index contributed by atoms with van der Waals surface area (Å²) < 4.78 is 32.1. The molecular formula is C21H17FN4O3S. The maximum atomic E-state index is 13.8. The molecule has 0 bridgehead atoms. The third kappa shape index (κ3) is 4.15. The molecule has 30 heavy (non-hydrogen) atoms. The van der Waals surface area contributed by atoms with Crippen LogP contribution in [-0.4, -0.2) is 28.2 Å². The standard InChI is InChI=1S/C21H17FN4O3S/c1-27-19-11-14(8-9-17(19)29-13-15-5-2-3-6-16(15)22)12-23-26-20(24-25-21(26)30)18-7-4-10-28-18/h2-12H,13H2,1H3,(H,25,30)/b23-12-. The van der Waals surface area contributed by atoms with E-state index in [4.69, 9.17) is 26.1 Å². The second kappa shape index (κ2) is 8.75. The molecule has 2 heterocycles. The van der Waals surface area contributed by atoms with E-state index < -0.39 is 0 Å². The highest BCUT2D eigenvalue weighted by Gasteiger charge is 2.11. The van der Waals surface area contributed by atoms with Gasteiger partial charge in [0.15, 0.2) is 17.3 Å². The van der Waals surface area contributed by atoms with Gasteiger partial charge in [-0.2, -0.15) is 9.78 Å². The molecule has 0 amide bonds. The van der Waals surface area contributed by atoms with Crippen molar-refractivity contribution in [3.63, 3.8) is 0 Å². The minimum absolute atomic E-state index is 0.0904. The molecule has 2 aromatic heterocycles. The van der Waals surface area contributed by atoms with Gasteiger partial charge in [0.1, 0.15) is 12.4 Å². The van der Waals surface area contributed by atoms with Crippen LogP contribution >= 0.6 is 12.2 Å². The number of nitrogens with one attached hydrogen (secondary N) is 1. The third-order valence-corrected chi connectivity index (χ3v) is 4.51. The Morgan fingerprint density at radius 3 is 2.83 bits per heavy atom. The molecule has 152 valence electrons. The lowest BCUT2D eigenvalue weighted by Crippen LogP contribution is -2.00. The number of nitrogens with zero attached hydrogens (tertiary/aromatic N) is 3. The maximum Gasteiger partial charge on any atom is 0.219 e. The van der Waals surface area contributed by atoms with Gasteiger partial charge < -0.3 is 13.9 Å². The highest BCUT2D eigenvalue weighted by atomic mass is 32.1. The average Bonchev–Trinajstić information content (AvgIpc) is 3.41. The fourth-order valence-corrected chi connectivity index (χ4v) is 2.92. The summed E-state index contributed by atoms with van der Waals surface area (Å²) in [5, 5.41) is 11.2. The normalized spacial score (nSPS) is 11.1. The van der Waals surface area contributed by atoms with Crippen LogP contribution < -0.4 is 9.47 Å². The number of ether oxygens (including phenoxy) is 2. The molecule has 7 nitrogen and oxygen atoms in total. The summed E-state index contributed by atoms with van der Waals surface area (Å²) in [6.45, 7) is 0.0904. The molecule has 2 aromatic carbocycles. The van der Waals surface area contributed by atoms with Gasteiger partial charge in [-0.1, -0.05) is 18.2 Å². The Morgan fingerprint density at radius 1 is 1.20 bits per heavy atom. The summed E-state index contributed by atoms with van der Waals surface area (Å²) in [7, 11) is 1.54. The van der Waals surface area contributed by atoms with E-state index in [0.29, 0.717) is 33.4 Å². The second-order valence-electron chi connectivity index (χ2n) is 6.18. The van der Waals surface area contributed by atoms with E-state index in [1.165, 1.54) is 17.9 Å². The van der Waals surface area contributed by atoms with Crippen molar-refractivity contribution in [2.75, 3.05) is 7.11 Å². The lowest BCUT2D eigenvalue weighted by Gasteiger charge is -2.11. The smallest absolute Gasteiger partial charge is 0.219 e. The Balaban J connectivity index is 1.55. The van der Waals surface area contributed by atoms with Crippen LogP contribution in [0.1, 0.15) is 11.1 Å². The van der Waals surface area contributed by atoms with E-state index in [2.05, 4.69) is 15.3 Å². The van der Waals surface area contributed by atoms with Gasteiger partial charge in [0.05, 0.1) is 19.6 Å². The largest absolute Gasteiger partial charge is 0.493 e. The predicted octanol–water partition coefficient (Wildman–Crippen LogP) is 4.81. The number of halogens is 1. The van der Waals surface area contributed by atoms with Crippen LogP contribution in [0.25, 0.3) is 11.6 Å². The minimum Gasteiger partial charge on any atom is -0.493 e. The molecule has 0 atom stereocenters. The van der Waals surface area contributed by atoms with Crippen LogP contribution in [0.15, 0.2) is 70.4 Å². The first-order chi connectivity index (χ1) is 14.7. The van der Waals surface area contributed by atoms with Crippen LogP contribution in [0.4, 0.5) is 4.39 Å². The molecule has 0 aliphatic rings. The van der Waals surface area contributed by atoms with Crippen LogP contribution in [0.5, 0.6) is 11.5 Å². The van der Waals surface area contributed by atoms with Gasteiger partial charge in [-0.15, -0.1) is 5.10 Å². The summed E-state index contributed by atoms with van der Waals surface area (Å²) >= 11 is 5.24. The highest BCUT2D eigenvalue weighted by molar-refractivity contribution is 7.71. The first-order valence-corrected chi connectivity index (χ1v) is 9.36. The summed E-state index contributed by atoms with van der Waals surface area (Å²) in [5.41, 5.74) is 1.21. The minimum atomic E-state index is -0.315. The SMILES string of the molecule is COc1cc(/C=N\n2c(-c3ccco3)n[nH]c2=S)ccc1OCc1ccccc1F. The zero-order valence-electron chi connectivity index (χ0n) is 15.9. The van der Waals surface area contributed by atoms with Crippen molar-refractivity contribution in [3.8, 4) is 23.1 Å². The zero-order valence-corrected chi connectivity index (χ0v) is 16.7. The molecule has 0 aliphatic carbocycles. The fraction of sp³-hybridized carbons (Fsp3) is 0.0952. The van der Waals surface area contributed by atoms with Crippen molar-refractivity contribution in [2.45, 2.75) is 6.61 Å². The molecule has 4 rings (SSSR count). The molecule has 0 radical (unpaired) electrons. The van der Waals surface area contributed by atoms with Crippen molar-refractivity contribution in [1.29, 1.82) is 0 Å². The Labute approximate surface area is 176 Å². The lowest BCUT2D eigenvalue weighted by atomic mass is 10.2. The monoisotopic (exact) mass is 424 g/mol. The molecular weight excluding hydrogens is 407 g/mol. The first kappa shape index (κ1) is 19.6. The van der Waals surface area contributed by atoms with E-state index in [9.17, 15) is 4.39 Å². The summed E-state index contributed by atoms with van der Waals surface area (Å²) in [4.78, 5) is 0. The molecule has 0 spiro atoms. The number of aromatic nitrogens is 3. The fourth-order valence-electron chi connectivity index (χ4n) is 2.74. The van der Waals surface area contributed by atoms with Gasteiger partial charge in [0, 0.05) is 5.56 Å². The van der Waals surface area contributed by atoms with E-state index in [0.717, 1.165) is 5.56 Å². The summed E-state index contributed by atoms with van der Waals surface area (Å²) in [5.74, 6) is 1.67. The van der Waals surface area contributed by atoms with Gasteiger partial charge in [-0.3, -0.25) is 0 Å². The predicted molar refractivity (Wildman–Crippen MR) is 112 cm³/mol. The average molecular weight is 424 g/mol. The summed E-state index contributed by atoms with van der Waals surface area (Å²) in [6.07, 6.45) is 3.16. The number of furan rings is 1. The van der Waals surface area contributed by atoms with Crippen LogP contribution in [-0.2, 0) is 6.61 Å².